The van der Waals surface area contributed by atoms with Crippen molar-refractivity contribution in [1.82, 2.24) is 4.98 Å². The van der Waals surface area contributed by atoms with Gasteiger partial charge in [0.2, 0.25) is 0 Å². The normalized spacial score (nSPS) is 11.5. The summed E-state index contributed by atoms with van der Waals surface area (Å²) < 4.78 is 0. The molecule has 0 saturated carbocycles. The monoisotopic (exact) mass is 507 g/mol. The minimum atomic E-state index is 1.00. The molecule has 0 saturated heterocycles. The first kappa shape index (κ1) is 22.7. The molecule has 1 heteroatoms. The first-order valence-electron chi connectivity index (χ1n) is 13.7. The van der Waals surface area contributed by atoms with Crippen molar-refractivity contribution in [2.75, 3.05) is 0 Å². The summed E-state index contributed by atoms with van der Waals surface area (Å²) in [5, 5.41) is 8.65. The Bertz CT molecular complexity index is 2150. The molecule has 0 aliphatic carbocycles. The van der Waals surface area contributed by atoms with Gasteiger partial charge in [-0.25, -0.2) is 0 Å². The molecule has 0 N–H and O–H groups in total. The summed E-state index contributed by atoms with van der Waals surface area (Å²) in [4.78, 5) is 5.00. The molecule has 40 heavy (non-hydrogen) atoms. The van der Waals surface area contributed by atoms with E-state index in [-0.39, 0.29) is 0 Å². The minimum absolute atomic E-state index is 1.00. The van der Waals surface area contributed by atoms with Crippen molar-refractivity contribution in [2.24, 2.45) is 0 Å². The smallest absolute Gasteiger partial charge is 0.0708 e. The van der Waals surface area contributed by atoms with Crippen molar-refractivity contribution in [2.45, 2.75) is 0 Å². The number of pyridine rings is 1. The van der Waals surface area contributed by atoms with Crippen LogP contribution in [0, 0.1) is 0 Å². The molecule has 8 aromatic rings. The van der Waals surface area contributed by atoms with Gasteiger partial charge in [0, 0.05) is 17.1 Å². The van der Waals surface area contributed by atoms with Crippen LogP contribution in [0.1, 0.15) is 0 Å². The maximum atomic E-state index is 5.00. The van der Waals surface area contributed by atoms with Crippen molar-refractivity contribution in [3.63, 3.8) is 0 Å². The maximum Gasteiger partial charge on any atom is 0.0708 e. The lowest BCUT2D eigenvalue weighted by Crippen LogP contribution is -1.91. The second-order valence-corrected chi connectivity index (χ2v) is 10.4. The molecule has 7 aromatic carbocycles. The van der Waals surface area contributed by atoms with E-state index in [4.69, 9.17) is 4.98 Å². The third-order valence-corrected chi connectivity index (χ3v) is 8.05. The van der Waals surface area contributed by atoms with Gasteiger partial charge in [0.15, 0.2) is 0 Å². The van der Waals surface area contributed by atoms with E-state index < -0.39 is 0 Å². The van der Waals surface area contributed by atoms with Gasteiger partial charge in [0.1, 0.15) is 0 Å². The predicted octanol–water partition coefficient (Wildman–Crippen LogP) is 10.7. The molecule has 0 spiro atoms. The Hall–Kier alpha value is -5.27. The van der Waals surface area contributed by atoms with Gasteiger partial charge in [-0.15, -0.1) is 0 Å². The van der Waals surface area contributed by atoms with Crippen LogP contribution in [0.25, 0.3) is 76.6 Å². The van der Waals surface area contributed by atoms with E-state index in [1.807, 2.05) is 6.20 Å². The highest BCUT2D eigenvalue weighted by atomic mass is 14.6. The first-order chi connectivity index (χ1) is 19.8. The van der Waals surface area contributed by atoms with E-state index in [0.29, 0.717) is 0 Å². The highest BCUT2D eigenvalue weighted by Gasteiger charge is 2.16. The van der Waals surface area contributed by atoms with Gasteiger partial charge in [0.05, 0.1) is 5.52 Å². The highest BCUT2D eigenvalue weighted by molar-refractivity contribution is 6.21. The van der Waals surface area contributed by atoms with Crippen molar-refractivity contribution >= 4 is 43.2 Å². The quantitative estimate of drug-likeness (QED) is 0.217. The van der Waals surface area contributed by atoms with Gasteiger partial charge in [-0.1, -0.05) is 127 Å². The molecule has 0 fully saturated rings. The topological polar surface area (TPSA) is 12.9 Å². The van der Waals surface area contributed by atoms with Crippen LogP contribution in [0.3, 0.4) is 0 Å². The molecular formula is C39H25N. The van der Waals surface area contributed by atoms with E-state index in [1.165, 1.54) is 60.1 Å². The SMILES string of the molecule is c1ccc(-c2c3ccccc3c(-c3cnc4cc(-c5ccc6ccccc6c5)ccc4c3)c3ccccc23)cc1. The minimum Gasteiger partial charge on any atom is -0.256 e. The van der Waals surface area contributed by atoms with E-state index in [2.05, 4.69) is 146 Å². The van der Waals surface area contributed by atoms with E-state index >= 15 is 0 Å². The van der Waals surface area contributed by atoms with Crippen LogP contribution in [0.15, 0.2) is 152 Å². The van der Waals surface area contributed by atoms with Gasteiger partial charge in [-0.05, 0) is 78.3 Å². The van der Waals surface area contributed by atoms with Gasteiger partial charge in [0.25, 0.3) is 0 Å². The average molecular weight is 508 g/mol. The summed E-state index contributed by atoms with van der Waals surface area (Å²) in [6.45, 7) is 0. The van der Waals surface area contributed by atoms with Crippen LogP contribution in [0.4, 0.5) is 0 Å². The number of hydrogen-bond donors (Lipinski definition) is 0. The molecule has 1 heterocycles. The zero-order valence-corrected chi connectivity index (χ0v) is 21.9. The largest absolute Gasteiger partial charge is 0.256 e. The summed E-state index contributed by atoms with van der Waals surface area (Å²) in [6, 6.07) is 52.4. The third kappa shape index (κ3) is 3.67. The molecule has 8 rings (SSSR count). The van der Waals surface area contributed by atoms with Gasteiger partial charge in [-0.3, -0.25) is 4.98 Å². The van der Waals surface area contributed by atoms with Gasteiger partial charge in [-0.2, -0.15) is 0 Å². The van der Waals surface area contributed by atoms with E-state index in [0.717, 1.165) is 16.5 Å². The van der Waals surface area contributed by atoms with Crippen LogP contribution in [-0.4, -0.2) is 4.98 Å². The molecule has 1 aromatic heterocycles. The first-order valence-corrected chi connectivity index (χ1v) is 13.7. The van der Waals surface area contributed by atoms with Gasteiger partial charge < -0.3 is 0 Å². The third-order valence-electron chi connectivity index (χ3n) is 8.05. The number of aromatic nitrogens is 1. The Balaban J connectivity index is 1.32. The van der Waals surface area contributed by atoms with Crippen molar-refractivity contribution in [3.8, 4) is 33.4 Å². The number of hydrogen-bond acceptors (Lipinski definition) is 1. The van der Waals surface area contributed by atoms with Crippen molar-refractivity contribution < 1.29 is 0 Å². The number of fused-ring (bicyclic) bond motifs is 4. The molecule has 0 bridgehead atoms. The van der Waals surface area contributed by atoms with Crippen molar-refractivity contribution in [1.29, 1.82) is 0 Å². The summed E-state index contributed by atoms with van der Waals surface area (Å²) in [5.74, 6) is 0. The average Bonchev–Trinajstić information content (AvgIpc) is 3.03. The molecule has 0 amide bonds. The van der Waals surface area contributed by atoms with Crippen LogP contribution in [-0.2, 0) is 0 Å². The number of benzene rings is 7. The van der Waals surface area contributed by atoms with E-state index in [1.54, 1.807) is 0 Å². The maximum absolute atomic E-state index is 5.00. The fourth-order valence-electron chi connectivity index (χ4n) is 6.16. The standard InChI is InChI=1S/C39H25N/c1-2-11-27(12-3-1)38-33-14-6-8-16-35(33)39(36-17-9-7-15-34(36)38)32-23-31-21-20-30(24-37(31)40-25-32)29-19-18-26-10-4-5-13-28(26)22-29/h1-25H. The fourth-order valence-corrected chi connectivity index (χ4v) is 6.16. The predicted molar refractivity (Wildman–Crippen MR) is 171 cm³/mol. The molecule has 0 aliphatic heterocycles. The lowest BCUT2D eigenvalue weighted by molar-refractivity contribution is 1.41. The molecule has 186 valence electrons. The lowest BCUT2D eigenvalue weighted by atomic mass is 9.86. The second-order valence-electron chi connectivity index (χ2n) is 10.4. The lowest BCUT2D eigenvalue weighted by Gasteiger charge is -2.17. The Morgan fingerprint density at radius 1 is 0.325 bits per heavy atom. The van der Waals surface area contributed by atoms with Crippen LogP contribution in [0.5, 0.6) is 0 Å². The summed E-state index contributed by atoms with van der Waals surface area (Å²) in [6.07, 6.45) is 2.04. The zero-order chi connectivity index (χ0) is 26.5. The second kappa shape index (κ2) is 9.18. The highest BCUT2D eigenvalue weighted by Crippen LogP contribution is 2.43. The Morgan fingerprint density at radius 3 is 1.50 bits per heavy atom. The summed E-state index contributed by atoms with van der Waals surface area (Å²) >= 11 is 0. The zero-order valence-electron chi connectivity index (χ0n) is 21.9. The van der Waals surface area contributed by atoms with Crippen molar-refractivity contribution in [3.05, 3.63) is 152 Å². The molecule has 1 nitrogen and oxygen atoms in total. The number of nitrogens with zero attached hydrogens (tertiary/aromatic N) is 1. The Kier molecular flexibility index (Phi) is 5.21. The van der Waals surface area contributed by atoms with Gasteiger partial charge >= 0.3 is 0 Å². The van der Waals surface area contributed by atoms with Crippen LogP contribution < -0.4 is 0 Å². The molecule has 0 atom stereocenters. The molecular weight excluding hydrogens is 482 g/mol. The van der Waals surface area contributed by atoms with Crippen LogP contribution >= 0.6 is 0 Å². The Labute approximate surface area is 233 Å². The fraction of sp³-hybridized carbons (Fsp3) is 0. The molecule has 0 unspecified atom stereocenters. The number of rotatable bonds is 3. The summed E-state index contributed by atoms with van der Waals surface area (Å²) in [7, 11) is 0. The molecule has 0 aliphatic rings. The van der Waals surface area contributed by atoms with Crippen LogP contribution in [0.2, 0.25) is 0 Å². The Morgan fingerprint density at radius 2 is 0.825 bits per heavy atom. The molecule has 0 radical (unpaired) electrons. The van der Waals surface area contributed by atoms with E-state index in [9.17, 15) is 0 Å². The summed E-state index contributed by atoms with van der Waals surface area (Å²) in [5.41, 5.74) is 8.28.